The summed E-state index contributed by atoms with van der Waals surface area (Å²) in [5.41, 5.74) is 5.24. The molecule has 3 nitrogen and oxygen atoms in total. The van der Waals surface area contributed by atoms with E-state index in [-0.39, 0.29) is 0 Å². The molecule has 100 valence electrons. The Bertz CT molecular complexity index is 443. The van der Waals surface area contributed by atoms with Crippen LogP contribution >= 0.6 is 0 Å². The summed E-state index contributed by atoms with van der Waals surface area (Å²) >= 11 is 0. The van der Waals surface area contributed by atoms with Gasteiger partial charge in [0.25, 0.3) is 0 Å². The molecule has 0 bridgehead atoms. The van der Waals surface area contributed by atoms with Crippen molar-refractivity contribution >= 4 is 0 Å². The first-order valence-electron chi connectivity index (χ1n) is 6.62. The van der Waals surface area contributed by atoms with Gasteiger partial charge in [0, 0.05) is 25.2 Å². The number of aryl methyl sites for hydroxylation is 2. The number of rotatable bonds is 2. The second kappa shape index (κ2) is 5.29. The van der Waals surface area contributed by atoms with E-state index in [1.165, 1.54) is 22.3 Å². The lowest BCUT2D eigenvalue weighted by molar-refractivity contribution is 0.197. The minimum atomic E-state index is 0.410. The van der Waals surface area contributed by atoms with Gasteiger partial charge in [-0.15, -0.1) is 0 Å². The molecule has 1 fully saturated rings. The normalized spacial score (nSPS) is 21.1. The molecule has 1 heterocycles. The topological polar surface area (TPSA) is 24.5 Å². The minimum Gasteiger partial charge on any atom is -0.496 e. The maximum Gasteiger partial charge on any atom is 0.127 e. The van der Waals surface area contributed by atoms with Crippen LogP contribution in [0.3, 0.4) is 0 Å². The molecule has 1 aliphatic heterocycles. The first kappa shape index (κ1) is 13.4. The Hall–Kier alpha value is -1.06. The Morgan fingerprint density at radius 3 is 2.61 bits per heavy atom. The Morgan fingerprint density at radius 2 is 2.00 bits per heavy atom. The van der Waals surface area contributed by atoms with E-state index in [1.54, 1.807) is 7.11 Å². The highest BCUT2D eigenvalue weighted by atomic mass is 16.5. The summed E-state index contributed by atoms with van der Waals surface area (Å²) in [6.07, 6.45) is 0. The molecule has 0 spiro atoms. The van der Waals surface area contributed by atoms with Crippen molar-refractivity contribution in [3.05, 3.63) is 28.3 Å². The van der Waals surface area contributed by atoms with Gasteiger partial charge in [-0.25, -0.2) is 0 Å². The van der Waals surface area contributed by atoms with Crippen molar-refractivity contribution in [1.29, 1.82) is 0 Å². The Kier molecular flexibility index (Phi) is 3.93. The molecule has 1 unspecified atom stereocenters. The van der Waals surface area contributed by atoms with Crippen LogP contribution < -0.4 is 10.1 Å². The van der Waals surface area contributed by atoms with Crippen LogP contribution in [0.15, 0.2) is 6.07 Å². The van der Waals surface area contributed by atoms with Crippen LogP contribution in [0.5, 0.6) is 5.75 Å². The van der Waals surface area contributed by atoms with Crippen LogP contribution in [-0.2, 0) is 0 Å². The van der Waals surface area contributed by atoms with Gasteiger partial charge in [0.2, 0.25) is 0 Å². The minimum absolute atomic E-state index is 0.410. The number of piperazine rings is 1. The lowest BCUT2D eigenvalue weighted by Gasteiger charge is -2.35. The van der Waals surface area contributed by atoms with Crippen LogP contribution in [0.4, 0.5) is 0 Å². The third kappa shape index (κ3) is 2.25. The van der Waals surface area contributed by atoms with E-state index in [9.17, 15) is 0 Å². The quantitative estimate of drug-likeness (QED) is 0.868. The number of methoxy groups -OCH3 is 1. The standard InChI is InChI=1S/C15H24N2O/c1-10-8-11(2)14(15(18-5)12(10)3)13-9-16-6-7-17(13)4/h8,13,16H,6-7,9H2,1-5H3. The molecule has 0 aliphatic carbocycles. The predicted molar refractivity (Wildman–Crippen MR) is 75.4 cm³/mol. The number of hydrogen-bond donors (Lipinski definition) is 1. The SMILES string of the molecule is COc1c(C)c(C)cc(C)c1C1CNCCN1C. The number of benzene rings is 1. The van der Waals surface area contributed by atoms with Crippen LogP contribution in [-0.4, -0.2) is 38.7 Å². The smallest absolute Gasteiger partial charge is 0.127 e. The van der Waals surface area contributed by atoms with Gasteiger partial charge in [0.15, 0.2) is 0 Å². The molecule has 0 amide bonds. The second-order valence-corrected chi connectivity index (χ2v) is 5.28. The summed E-state index contributed by atoms with van der Waals surface area (Å²) in [6, 6.07) is 2.68. The molecular weight excluding hydrogens is 224 g/mol. The second-order valence-electron chi connectivity index (χ2n) is 5.28. The van der Waals surface area contributed by atoms with Gasteiger partial charge in [-0.2, -0.15) is 0 Å². The summed E-state index contributed by atoms with van der Waals surface area (Å²) in [5, 5.41) is 3.48. The molecule has 1 aliphatic rings. The molecule has 2 rings (SSSR count). The van der Waals surface area contributed by atoms with Gasteiger partial charge in [-0.3, -0.25) is 4.90 Å². The van der Waals surface area contributed by atoms with E-state index in [0.717, 1.165) is 25.4 Å². The van der Waals surface area contributed by atoms with Crippen molar-refractivity contribution in [2.24, 2.45) is 0 Å². The lowest BCUT2D eigenvalue weighted by Crippen LogP contribution is -2.44. The molecule has 1 aromatic carbocycles. The van der Waals surface area contributed by atoms with Gasteiger partial charge >= 0.3 is 0 Å². The molecule has 3 heteroatoms. The molecule has 18 heavy (non-hydrogen) atoms. The fourth-order valence-corrected chi connectivity index (χ4v) is 2.88. The summed E-state index contributed by atoms with van der Waals surface area (Å²) < 4.78 is 5.68. The number of nitrogens with one attached hydrogen (secondary N) is 1. The van der Waals surface area contributed by atoms with Crippen molar-refractivity contribution in [2.75, 3.05) is 33.8 Å². The third-order valence-electron chi connectivity index (χ3n) is 4.08. The monoisotopic (exact) mass is 248 g/mol. The molecule has 1 N–H and O–H groups in total. The van der Waals surface area contributed by atoms with Gasteiger partial charge in [-0.1, -0.05) is 6.07 Å². The van der Waals surface area contributed by atoms with Gasteiger partial charge in [0.05, 0.1) is 13.2 Å². The highest BCUT2D eigenvalue weighted by Crippen LogP contribution is 2.36. The molecule has 0 saturated carbocycles. The average molecular weight is 248 g/mol. The van der Waals surface area contributed by atoms with Crippen LogP contribution in [0, 0.1) is 20.8 Å². The molecule has 1 saturated heterocycles. The maximum absolute atomic E-state index is 5.68. The maximum atomic E-state index is 5.68. The number of likely N-dealkylation sites (N-methyl/N-ethyl adjacent to an activating group) is 1. The Labute approximate surface area is 110 Å². The molecular formula is C15H24N2O. The third-order valence-corrected chi connectivity index (χ3v) is 4.08. The highest BCUT2D eigenvalue weighted by molar-refractivity contribution is 5.51. The summed E-state index contributed by atoms with van der Waals surface area (Å²) in [6.45, 7) is 9.63. The zero-order valence-corrected chi connectivity index (χ0v) is 12.1. The summed E-state index contributed by atoms with van der Waals surface area (Å²) in [4.78, 5) is 2.41. The molecule has 0 radical (unpaired) electrons. The van der Waals surface area contributed by atoms with Gasteiger partial charge in [0.1, 0.15) is 5.75 Å². The van der Waals surface area contributed by atoms with Crippen LogP contribution in [0.1, 0.15) is 28.3 Å². The fourth-order valence-electron chi connectivity index (χ4n) is 2.88. The van der Waals surface area contributed by atoms with Gasteiger partial charge in [-0.05, 0) is 44.5 Å². The first-order chi connectivity index (χ1) is 8.56. The number of ether oxygens (including phenoxy) is 1. The summed E-state index contributed by atoms with van der Waals surface area (Å²) in [7, 11) is 3.97. The Balaban J connectivity index is 2.51. The highest BCUT2D eigenvalue weighted by Gasteiger charge is 2.26. The average Bonchev–Trinajstić information content (AvgIpc) is 2.34. The van der Waals surface area contributed by atoms with E-state index in [2.05, 4.69) is 44.1 Å². The van der Waals surface area contributed by atoms with E-state index in [4.69, 9.17) is 4.74 Å². The van der Waals surface area contributed by atoms with Crippen molar-refractivity contribution in [2.45, 2.75) is 26.8 Å². The number of hydrogen-bond acceptors (Lipinski definition) is 3. The number of nitrogens with zero attached hydrogens (tertiary/aromatic N) is 1. The molecule has 1 aromatic rings. The Morgan fingerprint density at radius 1 is 1.28 bits per heavy atom. The molecule has 1 atom stereocenters. The van der Waals surface area contributed by atoms with Crippen LogP contribution in [0.2, 0.25) is 0 Å². The van der Waals surface area contributed by atoms with Crippen molar-refractivity contribution in [1.82, 2.24) is 10.2 Å². The predicted octanol–water partition coefficient (Wildman–Crippen LogP) is 2.20. The zero-order chi connectivity index (χ0) is 13.3. The van der Waals surface area contributed by atoms with Crippen molar-refractivity contribution in [3.8, 4) is 5.75 Å². The van der Waals surface area contributed by atoms with E-state index in [1.807, 2.05) is 0 Å². The zero-order valence-electron chi connectivity index (χ0n) is 12.1. The van der Waals surface area contributed by atoms with E-state index < -0.39 is 0 Å². The lowest BCUT2D eigenvalue weighted by atomic mass is 9.92. The van der Waals surface area contributed by atoms with Gasteiger partial charge < -0.3 is 10.1 Å². The largest absolute Gasteiger partial charge is 0.496 e. The fraction of sp³-hybridized carbons (Fsp3) is 0.600. The van der Waals surface area contributed by atoms with Crippen LogP contribution in [0.25, 0.3) is 0 Å². The summed E-state index contributed by atoms with van der Waals surface area (Å²) in [5.74, 6) is 1.06. The van der Waals surface area contributed by atoms with Crippen molar-refractivity contribution < 1.29 is 4.74 Å². The first-order valence-corrected chi connectivity index (χ1v) is 6.62. The molecule has 0 aromatic heterocycles. The van der Waals surface area contributed by atoms with E-state index in [0.29, 0.717) is 6.04 Å². The van der Waals surface area contributed by atoms with E-state index >= 15 is 0 Å². The van der Waals surface area contributed by atoms with Crippen molar-refractivity contribution in [3.63, 3.8) is 0 Å².